The molecule has 0 saturated carbocycles. The highest BCUT2D eigenvalue weighted by Gasteiger charge is 2.30. The van der Waals surface area contributed by atoms with Gasteiger partial charge in [-0.05, 0) is 26.3 Å². The predicted molar refractivity (Wildman–Crippen MR) is 68.7 cm³/mol. The van der Waals surface area contributed by atoms with E-state index >= 15 is 0 Å². The Morgan fingerprint density at radius 1 is 0.857 bits per heavy atom. The summed E-state index contributed by atoms with van der Waals surface area (Å²) in [5.41, 5.74) is 1.53. The van der Waals surface area contributed by atoms with Crippen LogP contribution < -0.4 is 0 Å². The molecule has 0 spiro atoms. The summed E-state index contributed by atoms with van der Waals surface area (Å²) in [4.78, 5) is 0. The van der Waals surface area contributed by atoms with Gasteiger partial charge in [0, 0.05) is 7.26 Å². The van der Waals surface area contributed by atoms with E-state index < -0.39 is 7.26 Å². The number of benzene rings is 1. The van der Waals surface area contributed by atoms with E-state index in [9.17, 15) is 0 Å². The summed E-state index contributed by atoms with van der Waals surface area (Å²) >= 11 is 0. The summed E-state index contributed by atoms with van der Waals surface area (Å²) in [6.45, 7) is 7.09. The van der Waals surface area contributed by atoms with Crippen LogP contribution >= 0.6 is 7.26 Å². The molecule has 14 heavy (non-hydrogen) atoms. The molecule has 78 valence electrons. The number of hydrogen-bond acceptors (Lipinski definition) is 0. The number of rotatable bonds is 5. The molecule has 0 amide bonds. The van der Waals surface area contributed by atoms with Gasteiger partial charge in [0.1, 0.15) is 0 Å². The third-order valence-electron chi connectivity index (χ3n) is 3.37. The SMILES string of the molecule is CC[P+](CC)(CC)Cc1ccccc1. The highest BCUT2D eigenvalue weighted by atomic mass is 31.2. The zero-order valence-corrected chi connectivity index (χ0v) is 10.6. The minimum absolute atomic E-state index is 0.661. The molecule has 0 N–H and O–H groups in total. The van der Waals surface area contributed by atoms with Gasteiger partial charge in [-0.3, -0.25) is 0 Å². The first-order valence-electron chi connectivity index (χ1n) is 5.65. The molecule has 0 atom stereocenters. The highest BCUT2D eigenvalue weighted by Crippen LogP contribution is 2.60. The van der Waals surface area contributed by atoms with Gasteiger partial charge in [0.05, 0.1) is 24.6 Å². The van der Waals surface area contributed by atoms with Crippen LogP contribution in [0.2, 0.25) is 0 Å². The second kappa shape index (κ2) is 5.51. The molecule has 0 aromatic heterocycles. The van der Waals surface area contributed by atoms with E-state index in [1.54, 1.807) is 0 Å². The van der Waals surface area contributed by atoms with Gasteiger partial charge in [-0.1, -0.05) is 30.3 Å². The maximum atomic E-state index is 2.36. The van der Waals surface area contributed by atoms with E-state index in [1.165, 1.54) is 30.2 Å². The first-order chi connectivity index (χ1) is 6.76. The van der Waals surface area contributed by atoms with Crippen molar-refractivity contribution in [3.63, 3.8) is 0 Å². The number of hydrogen-bond donors (Lipinski definition) is 0. The Bertz CT molecular complexity index is 241. The van der Waals surface area contributed by atoms with Crippen LogP contribution in [0.3, 0.4) is 0 Å². The summed E-state index contributed by atoms with van der Waals surface area (Å²) in [5, 5.41) is 0. The summed E-state index contributed by atoms with van der Waals surface area (Å²) in [5.74, 6) is 0. The second-order valence-electron chi connectivity index (χ2n) is 3.93. The Labute approximate surface area is 89.1 Å². The average Bonchev–Trinajstić information content (AvgIpc) is 2.28. The molecule has 0 bridgehead atoms. The van der Waals surface area contributed by atoms with Crippen molar-refractivity contribution in [1.29, 1.82) is 0 Å². The van der Waals surface area contributed by atoms with Gasteiger partial charge in [-0.2, -0.15) is 0 Å². The Kier molecular flexibility index (Phi) is 4.62. The van der Waals surface area contributed by atoms with Gasteiger partial charge in [0.2, 0.25) is 0 Å². The Hall–Kier alpha value is -0.350. The van der Waals surface area contributed by atoms with Crippen molar-refractivity contribution in [1.82, 2.24) is 0 Å². The van der Waals surface area contributed by atoms with Crippen LogP contribution in [0, 0.1) is 0 Å². The molecule has 0 nitrogen and oxygen atoms in total. The van der Waals surface area contributed by atoms with Gasteiger partial charge in [-0.15, -0.1) is 0 Å². The molecule has 0 aliphatic carbocycles. The van der Waals surface area contributed by atoms with Gasteiger partial charge < -0.3 is 0 Å². The Morgan fingerprint density at radius 2 is 1.36 bits per heavy atom. The topological polar surface area (TPSA) is 0 Å². The fourth-order valence-corrected chi connectivity index (χ4v) is 4.97. The molecule has 0 aliphatic heterocycles. The van der Waals surface area contributed by atoms with Gasteiger partial charge in [0.25, 0.3) is 0 Å². The molecule has 1 aromatic rings. The largest absolute Gasteiger partial charge is 0.0842 e. The minimum atomic E-state index is -0.661. The normalized spacial score (nSPS) is 11.6. The summed E-state index contributed by atoms with van der Waals surface area (Å²) < 4.78 is 0. The standard InChI is InChI=1S/C13H22P/c1-4-14(5-2,6-3)12-13-10-8-7-9-11-13/h7-11H,4-6,12H2,1-3H3/q+1. The fourth-order valence-electron chi connectivity index (χ4n) is 1.98. The van der Waals surface area contributed by atoms with Crippen LogP contribution in [0.25, 0.3) is 0 Å². The van der Waals surface area contributed by atoms with E-state index in [0.29, 0.717) is 0 Å². The van der Waals surface area contributed by atoms with Gasteiger partial charge >= 0.3 is 0 Å². The van der Waals surface area contributed by atoms with E-state index in [4.69, 9.17) is 0 Å². The summed E-state index contributed by atoms with van der Waals surface area (Å²) in [6, 6.07) is 11.0. The monoisotopic (exact) mass is 209 g/mol. The average molecular weight is 209 g/mol. The second-order valence-corrected chi connectivity index (χ2v) is 8.83. The summed E-state index contributed by atoms with van der Waals surface area (Å²) in [7, 11) is -0.661. The maximum absolute atomic E-state index is 2.36. The van der Waals surface area contributed by atoms with Crippen LogP contribution in [-0.2, 0) is 6.16 Å². The predicted octanol–water partition coefficient (Wildman–Crippen LogP) is 4.26. The van der Waals surface area contributed by atoms with Crippen molar-refractivity contribution in [2.45, 2.75) is 26.9 Å². The van der Waals surface area contributed by atoms with E-state index in [2.05, 4.69) is 51.1 Å². The maximum Gasteiger partial charge on any atom is 0.0842 e. The third-order valence-corrected chi connectivity index (χ3v) is 8.43. The Balaban J connectivity index is 2.74. The van der Waals surface area contributed by atoms with E-state index in [1.807, 2.05) is 0 Å². The molecule has 0 fully saturated rings. The third kappa shape index (κ3) is 2.82. The van der Waals surface area contributed by atoms with Crippen molar-refractivity contribution in [3.05, 3.63) is 35.9 Å². The molecule has 1 heteroatoms. The first kappa shape index (κ1) is 11.7. The minimum Gasteiger partial charge on any atom is -0.0622 e. The van der Waals surface area contributed by atoms with Crippen molar-refractivity contribution in [2.75, 3.05) is 18.5 Å². The zero-order chi connectivity index (χ0) is 10.4. The lowest BCUT2D eigenvalue weighted by Gasteiger charge is -2.23. The molecule has 0 aliphatic rings. The molecule has 0 radical (unpaired) electrons. The molecule has 0 saturated heterocycles. The van der Waals surface area contributed by atoms with Crippen LogP contribution in [0.4, 0.5) is 0 Å². The Morgan fingerprint density at radius 3 is 1.79 bits per heavy atom. The van der Waals surface area contributed by atoms with Crippen LogP contribution in [0.15, 0.2) is 30.3 Å². The van der Waals surface area contributed by atoms with Crippen molar-refractivity contribution in [2.24, 2.45) is 0 Å². The smallest absolute Gasteiger partial charge is 0.0622 e. The zero-order valence-electron chi connectivity index (χ0n) is 9.66. The van der Waals surface area contributed by atoms with Crippen LogP contribution in [0.1, 0.15) is 26.3 Å². The first-order valence-corrected chi connectivity index (χ1v) is 8.18. The highest BCUT2D eigenvalue weighted by molar-refractivity contribution is 7.75. The molecule has 0 heterocycles. The molecule has 1 rings (SSSR count). The van der Waals surface area contributed by atoms with Crippen molar-refractivity contribution >= 4 is 7.26 Å². The lowest BCUT2D eigenvalue weighted by atomic mass is 10.2. The molecule has 1 aromatic carbocycles. The molecular formula is C13H22P+. The van der Waals surface area contributed by atoms with Crippen LogP contribution in [-0.4, -0.2) is 18.5 Å². The van der Waals surface area contributed by atoms with Crippen molar-refractivity contribution in [3.8, 4) is 0 Å². The van der Waals surface area contributed by atoms with Crippen molar-refractivity contribution < 1.29 is 0 Å². The fraction of sp³-hybridized carbons (Fsp3) is 0.538. The van der Waals surface area contributed by atoms with Gasteiger partial charge in [-0.25, -0.2) is 0 Å². The summed E-state index contributed by atoms with van der Waals surface area (Å²) in [6.07, 6.45) is 5.54. The van der Waals surface area contributed by atoms with E-state index in [0.717, 1.165) is 0 Å². The van der Waals surface area contributed by atoms with Gasteiger partial charge in [0.15, 0.2) is 0 Å². The molecule has 0 unspecified atom stereocenters. The quantitative estimate of drug-likeness (QED) is 0.635. The lowest BCUT2D eigenvalue weighted by molar-refractivity contribution is 1.22. The van der Waals surface area contributed by atoms with Crippen LogP contribution in [0.5, 0.6) is 0 Å². The molecular weight excluding hydrogens is 187 g/mol. The lowest BCUT2D eigenvalue weighted by Crippen LogP contribution is -2.05. The van der Waals surface area contributed by atoms with E-state index in [-0.39, 0.29) is 0 Å².